The molecular weight excluding hydrogens is 194 g/mol. The van der Waals surface area contributed by atoms with Crippen LogP contribution in [0.4, 0.5) is 0 Å². The van der Waals surface area contributed by atoms with Crippen LogP contribution in [0, 0.1) is 0 Å². The molecule has 0 unspecified atom stereocenters. The average molecular weight is 207 g/mol. The van der Waals surface area contributed by atoms with E-state index in [-0.39, 0.29) is 18.4 Å². The predicted molar refractivity (Wildman–Crippen MR) is 52.6 cm³/mol. The van der Waals surface area contributed by atoms with E-state index < -0.39 is 0 Å². The molecular formula is C10H13N3O2. The smallest absolute Gasteiger partial charge is 0.229 e. The van der Waals surface area contributed by atoms with Crippen LogP contribution < -0.4 is 0 Å². The van der Waals surface area contributed by atoms with Gasteiger partial charge in [-0.1, -0.05) is 0 Å². The van der Waals surface area contributed by atoms with Crippen LogP contribution in [0.15, 0.2) is 12.4 Å². The highest BCUT2D eigenvalue weighted by molar-refractivity contribution is 5.95. The predicted octanol–water partition coefficient (Wildman–Crippen LogP) is 0.839. The Kier molecular flexibility index (Phi) is 2.80. The summed E-state index contributed by atoms with van der Waals surface area (Å²) in [4.78, 5) is 31.4. The molecule has 0 saturated carbocycles. The molecule has 1 aromatic rings. The Morgan fingerprint density at radius 1 is 1.27 bits per heavy atom. The van der Waals surface area contributed by atoms with Crippen LogP contribution >= 0.6 is 0 Å². The third-order valence-corrected chi connectivity index (χ3v) is 2.50. The largest absolute Gasteiger partial charge is 0.347 e. The highest BCUT2D eigenvalue weighted by Gasteiger charge is 2.24. The van der Waals surface area contributed by atoms with Gasteiger partial charge < -0.3 is 4.98 Å². The average Bonchev–Trinajstić information content (AvgIpc) is 2.67. The fourth-order valence-electron chi connectivity index (χ4n) is 1.67. The maximum atomic E-state index is 11.6. The molecule has 5 heteroatoms. The molecule has 0 aromatic carbocycles. The minimum Gasteiger partial charge on any atom is -0.347 e. The standard InChI is InChI=1S/C10H13N3O2/c14-9-3-1-2-4-10(15)13(9)7-8-11-5-6-12-8/h5-6H,1-4,7H2,(H,11,12). The number of nitrogens with zero attached hydrogens (tertiary/aromatic N) is 2. The summed E-state index contributed by atoms with van der Waals surface area (Å²) in [5.41, 5.74) is 0. The van der Waals surface area contributed by atoms with E-state index in [1.54, 1.807) is 12.4 Å². The number of imide groups is 1. The van der Waals surface area contributed by atoms with Gasteiger partial charge in [0.05, 0.1) is 6.54 Å². The van der Waals surface area contributed by atoms with Gasteiger partial charge in [0, 0.05) is 25.2 Å². The van der Waals surface area contributed by atoms with Gasteiger partial charge in [-0.05, 0) is 12.8 Å². The molecule has 2 heterocycles. The van der Waals surface area contributed by atoms with E-state index in [1.807, 2.05) is 0 Å². The molecule has 2 amide bonds. The molecule has 15 heavy (non-hydrogen) atoms. The molecule has 1 aromatic heterocycles. The molecule has 5 nitrogen and oxygen atoms in total. The zero-order valence-corrected chi connectivity index (χ0v) is 8.40. The van der Waals surface area contributed by atoms with Crippen molar-refractivity contribution in [3.63, 3.8) is 0 Å². The Morgan fingerprint density at radius 3 is 2.47 bits per heavy atom. The number of hydrogen-bond acceptors (Lipinski definition) is 3. The van der Waals surface area contributed by atoms with Gasteiger partial charge in [-0.15, -0.1) is 0 Å². The molecule has 1 aliphatic heterocycles. The summed E-state index contributed by atoms with van der Waals surface area (Å²) in [6.45, 7) is 0.269. The van der Waals surface area contributed by atoms with Crippen LogP contribution in [-0.2, 0) is 16.1 Å². The van der Waals surface area contributed by atoms with Crippen LogP contribution in [-0.4, -0.2) is 26.7 Å². The summed E-state index contributed by atoms with van der Waals surface area (Å²) < 4.78 is 0. The Morgan fingerprint density at radius 2 is 1.93 bits per heavy atom. The SMILES string of the molecule is O=C1CCCCC(=O)N1Cc1ncc[nH]1. The summed E-state index contributed by atoms with van der Waals surface area (Å²) in [7, 11) is 0. The van der Waals surface area contributed by atoms with E-state index in [0.29, 0.717) is 18.7 Å². The Hall–Kier alpha value is -1.65. The van der Waals surface area contributed by atoms with Crippen LogP contribution in [0.5, 0.6) is 0 Å². The van der Waals surface area contributed by atoms with Crippen molar-refractivity contribution in [2.45, 2.75) is 32.2 Å². The number of carbonyl (C=O) groups excluding carboxylic acids is 2. The summed E-state index contributed by atoms with van der Waals surface area (Å²) in [5, 5.41) is 0. The second kappa shape index (κ2) is 4.25. The van der Waals surface area contributed by atoms with E-state index in [9.17, 15) is 9.59 Å². The third-order valence-electron chi connectivity index (χ3n) is 2.50. The fraction of sp³-hybridized carbons (Fsp3) is 0.500. The second-order valence-electron chi connectivity index (χ2n) is 3.62. The molecule has 1 aliphatic rings. The zero-order valence-electron chi connectivity index (χ0n) is 8.40. The van der Waals surface area contributed by atoms with E-state index in [1.165, 1.54) is 4.90 Å². The molecule has 80 valence electrons. The van der Waals surface area contributed by atoms with Crippen LogP contribution in [0.2, 0.25) is 0 Å². The van der Waals surface area contributed by atoms with Gasteiger partial charge in [0.1, 0.15) is 5.82 Å². The summed E-state index contributed by atoms with van der Waals surface area (Å²) in [6, 6.07) is 0. The molecule has 0 spiro atoms. The first kappa shape index (κ1) is 9.89. The van der Waals surface area contributed by atoms with Crippen LogP contribution in [0.3, 0.4) is 0 Å². The van der Waals surface area contributed by atoms with Crippen molar-refractivity contribution in [1.82, 2.24) is 14.9 Å². The highest BCUT2D eigenvalue weighted by atomic mass is 16.2. The molecule has 0 aliphatic carbocycles. The molecule has 0 bridgehead atoms. The van der Waals surface area contributed by atoms with Crippen molar-refractivity contribution >= 4 is 11.8 Å². The highest BCUT2D eigenvalue weighted by Crippen LogP contribution is 2.14. The van der Waals surface area contributed by atoms with Crippen LogP contribution in [0.1, 0.15) is 31.5 Å². The third kappa shape index (κ3) is 2.23. The Bertz CT molecular complexity index is 341. The first-order valence-corrected chi connectivity index (χ1v) is 5.09. The molecule has 0 atom stereocenters. The maximum absolute atomic E-state index is 11.6. The molecule has 1 saturated heterocycles. The van der Waals surface area contributed by atoms with Crippen molar-refractivity contribution in [3.8, 4) is 0 Å². The van der Waals surface area contributed by atoms with Gasteiger partial charge in [-0.2, -0.15) is 0 Å². The fourth-order valence-corrected chi connectivity index (χ4v) is 1.67. The number of aromatic nitrogens is 2. The van der Waals surface area contributed by atoms with Gasteiger partial charge >= 0.3 is 0 Å². The first-order valence-electron chi connectivity index (χ1n) is 5.09. The van der Waals surface area contributed by atoms with Gasteiger partial charge in [-0.3, -0.25) is 14.5 Å². The van der Waals surface area contributed by atoms with Crippen molar-refractivity contribution in [2.24, 2.45) is 0 Å². The lowest BCUT2D eigenvalue weighted by Crippen LogP contribution is -2.34. The summed E-state index contributed by atoms with van der Waals surface area (Å²) in [6.07, 6.45) is 5.83. The lowest BCUT2D eigenvalue weighted by atomic mass is 10.2. The minimum atomic E-state index is -0.0890. The first-order chi connectivity index (χ1) is 7.27. The minimum absolute atomic E-state index is 0.0890. The van der Waals surface area contributed by atoms with Crippen molar-refractivity contribution in [1.29, 1.82) is 0 Å². The number of carbonyl (C=O) groups is 2. The summed E-state index contributed by atoms with van der Waals surface area (Å²) in [5.74, 6) is 0.474. The molecule has 2 rings (SSSR count). The quantitative estimate of drug-likeness (QED) is 0.731. The second-order valence-corrected chi connectivity index (χ2v) is 3.62. The van der Waals surface area contributed by atoms with Gasteiger partial charge in [0.2, 0.25) is 11.8 Å². The monoisotopic (exact) mass is 207 g/mol. The topological polar surface area (TPSA) is 66.1 Å². The summed E-state index contributed by atoms with van der Waals surface area (Å²) >= 11 is 0. The number of nitrogens with one attached hydrogen (secondary N) is 1. The van der Waals surface area contributed by atoms with E-state index >= 15 is 0 Å². The number of H-pyrrole nitrogens is 1. The van der Waals surface area contributed by atoms with Crippen molar-refractivity contribution < 1.29 is 9.59 Å². The number of aromatic amines is 1. The van der Waals surface area contributed by atoms with E-state index in [0.717, 1.165) is 12.8 Å². The van der Waals surface area contributed by atoms with E-state index in [4.69, 9.17) is 0 Å². The zero-order chi connectivity index (χ0) is 10.7. The molecule has 1 fully saturated rings. The molecule has 0 radical (unpaired) electrons. The van der Waals surface area contributed by atoms with Crippen LogP contribution in [0.25, 0.3) is 0 Å². The lowest BCUT2D eigenvalue weighted by molar-refractivity contribution is -0.144. The number of amides is 2. The number of imidazole rings is 1. The number of hydrogen-bond donors (Lipinski definition) is 1. The van der Waals surface area contributed by atoms with Crippen molar-refractivity contribution in [3.05, 3.63) is 18.2 Å². The van der Waals surface area contributed by atoms with Gasteiger partial charge in [0.15, 0.2) is 0 Å². The van der Waals surface area contributed by atoms with Gasteiger partial charge in [-0.25, -0.2) is 4.98 Å². The Labute approximate surface area is 87.5 Å². The van der Waals surface area contributed by atoms with E-state index in [2.05, 4.69) is 9.97 Å². The number of rotatable bonds is 2. The Balaban J connectivity index is 2.10. The van der Waals surface area contributed by atoms with Gasteiger partial charge in [0.25, 0.3) is 0 Å². The molecule has 1 N–H and O–H groups in total. The van der Waals surface area contributed by atoms with Crippen molar-refractivity contribution in [2.75, 3.05) is 0 Å². The lowest BCUT2D eigenvalue weighted by Gasteiger charge is -2.16. The normalized spacial score (nSPS) is 18.0. The number of likely N-dealkylation sites (tertiary alicyclic amines) is 1. The maximum Gasteiger partial charge on any atom is 0.229 e.